The molecule has 0 bridgehead atoms. The Labute approximate surface area is 122 Å². The molecular weight excluding hydrogens is 310 g/mol. The molecule has 2 rings (SSSR count). The maximum absolute atomic E-state index is 13.5. The molecule has 0 aliphatic carbocycles. The summed E-state index contributed by atoms with van der Waals surface area (Å²) in [5.41, 5.74) is -1.97. The number of halogens is 5. The third-order valence-electron chi connectivity index (χ3n) is 2.65. The molecule has 0 unspecified atom stereocenters. The lowest BCUT2D eigenvalue weighted by Gasteiger charge is -2.13. The summed E-state index contributed by atoms with van der Waals surface area (Å²) in [6.45, 7) is 0. The van der Waals surface area contributed by atoms with Crippen LogP contribution in [0.3, 0.4) is 0 Å². The fourth-order valence-electron chi connectivity index (χ4n) is 1.71. The number of anilines is 1. The highest BCUT2D eigenvalue weighted by Crippen LogP contribution is 2.32. The smallest absolute Gasteiger partial charge is 0.319 e. The molecule has 1 amide bonds. The van der Waals surface area contributed by atoms with E-state index < -0.39 is 29.0 Å². The summed E-state index contributed by atoms with van der Waals surface area (Å²) in [7, 11) is 0. The third kappa shape index (κ3) is 3.52. The first-order valence-corrected chi connectivity index (χ1v) is 6.09. The van der Waals surface area contributed by atoms with Gasteiger partial charge in [-0.15, -0.1) is 0 Å². The van der Waals surface area contributed by atoms with Crippen molar-refractivity contribution in [2.24, 2.45) is 0 Å². The van der Waals surface area contributed by atoms with E-state index in [1.54, 1.807) is 0 Å². The predicted octanol–water partition coefficient (Wildman–Crippen LogP) is 4.75. The van der Waals surface area contributed by atoms with Crippen molar-refractivity contribution in [2.45, 2.75) is 6.18 Å². The molecule has 0 heterocycles. The Balaban J connectivity index is 2.36. The van der Waals surface area contributed by atoms with Crippen molar-refractivity contribution in [3.8, 4) is 0 Å². The number of carbonyl (C=O) groups is 1. The lowest BCUT2D eigenvalue weighted by molar-refractivity contribution is -0.137. The van der Waals surface area contributed by atoms with E-state index in [4.69, 9.17) is 11.6 Å². The number of hydrogen-bond donors (Lipinski definition) is 1. The van der Waals surface area contributed by atoms with Gasteiger partial charge in [0.1, 0.15) is 5.82 Å². The molecule has 2 aromatic rings. The van der Waals surface area contributed by atoms with Crippen molar-refractivity contribution in [1.82, 2.24) is 0 Å². The number of benzene rings is 2. The van der Waals surface area contributed by atoms with Crippen LogP contribution in [0.15, 0.2) is 42.5 Å². The molecule has 0 saturated carbocycles. The monoisotopic (exact) mass is 317 g/mol. The van der Waals surface area contributed by atoms with Crippen LogP contribution >= 0.6 is 11.6 Å². The topological polar surface area (TPSA) is 29.1 Å². The minimum atomic E-state index is -4.68. The molecule has 0 aliphatic rings. The Morgan fingerprint density at radius 1 is 1.10 bits per heavy atom. The average molecular weight is 318 g/mol. The van der Waals surface area contributed by atoms with E-state index in [9.17, 15) is 22.4 Å². The zero-order valence-corrected chi connectivity index (χ0v) is 11.1. The first kappa shape index (κ1) is 15.3. The van der Waals surface area contributed by atoms with Crippen LogP contribution in [0.2, 0.25) is 5.02 Å². The van der Waals surface area contributed by atoms with Gasteiger partial charge in [-0.1, -0.05) is 23.7 Å². The molecule has 21 heavy (non-hydrogen) atoms. The van der Waals surface area contributed by atoms with Gasteiger partial charge in [0.25, 0.3) is 5.91 Å². The van der Waals surface area contributed by atoms with Crippen LogP contribution in [-0.4, -0.2) is 5.91 Å². The number of alkyl halides is 3. The molecule has 0 saturated heterocycles. The van der Waals surface area contributed by atoms with Crippen LogP contribution in [0.5, 0.6) is 0 Å². The molecule has 0 fully saturated rings. The fraction of sp³-hybridized carbons (Fsp3) is 0.0714. The van der Waals surface area contributed by atoms with Gasteiger partial charge in [0, 0.05) is 5.02 Å². The summed E-state index contributed by atoms with van der Waals surface area (Å²) in [5, 5.41) is 2.23. The Morgan fingerprint density at radius 2 is 1.76 bits per heavy atom. The van der Waals surface area contributed by atoms with Crippen molar-refractivity contribution < 1.29 is 22.4 Å². The molecule has 0 aliphatic heterocycles. The maximum atomic E-state index is 13.5. The van der Waals surface area contributed by atoms with Crippen molar-refractivity contribution in [3.63, 3.8) is 0 Å². The first-order valence-electron chi connectivity index (χ1n) is 5.71. The molecule has 1 N–H and O–H groups in total. The fourth-order valence-corrected chi connectivity index (χ4v) is 1.88. The Morgan fingerprint density at radius 3 is 2.43 bits per heavy atom. The Hall–Kier alpha value is -2.08. The summed E-state index contributed by atoms with van der Waals surface area (Å²) in [6, 6.07) is 7.64. The zero-order chi connectivity index (χ0) is 15.6. The highest BCUT2D eigenvalue weighted by molar-refractivity contribution is 6.31. The number of hydrogen-bond acceptors (Lipinski definition) is 1. The normalized spacial score (nSPS) is 11.3. The van der Waals surface area contributed by atoms with E-state index in [1.165, 1.54) is 18.2 Å². The minimum absolute atomic E-state index is 0.149. The molecule has 110 valence electrons. The molecule has 0 atom stereocenters. The van der Waals surface area contributed by atoms with Crippen molar-refractivity contribution in [1.29, 1.82) is 0 Å². The molecule has 0 radical (unpaired) electrons. The standard InChI is InChI=1S/C14H8ClF4NO/c15-8-5-6-11(16)12(7-8)20-13(21)9-3-1-2-4-10(9)14(17,18)19/h1-7H,(H,20,21). The number of rotatable bonds is 2. The second-order valence-corrected chi connectivity index (χ2v) is 4.56. The van der Waals surface area contributed by atoms with Crippen LogP contribution < -0.4 is 5.32 Å². The minimum Gasteiger partial charge on any atom is -0.319 e. The van der Waals surface area contributed by atoms with E-state index in [2.05, 4.69) is 5.32 Å². The maximum Gasteiger partial charge on any atom is 0.417 e. The number of amides is 1. The van der Waals surface area contributed by atoms with Crippen LogP contribution in [0.4, 0.5) is 23.2 Å². The molecular formula is C14H8ClF4NO. The molecule has 0 spiro atoms. The summed E-state index contributed by atoms with van der Waals surface area (Å²) in [4.78, 5) is 11.9. The van der Waals surface area contributed by atoms with Gasteiger partial charge in [-0.3, -0.25) is 4.79 Å². The largest absolute Gasteiger partial charge is 0.417 e. The molecule has 2 aromatic carbocycles. The van der Waals surface area contributed by atoms with Gasteiger partial charge < -0.3 is 5.32 Å². The van der Waals surface area contributed by atoms with Gasteiger partial charge in [-0.2, -0.15) is 13.2 Å². The van der Waals surface area contributed by atoms with Gasteiger partial charge in [0.15, 0.2) is 0 Å². The zero-order valence-electron chi connectivity index (χ0n) is 10.3. The van der Waals surface area contributed by atoms with Gasteiger partial charge >= 0.3 is 6.18 Å². The lowest BCUT2D eigenvalue weighted by atomic mass is 10.1. The van der Waals surface area contributed by atoms with E-state index in [1.807, 2.05) is 0 Å². The average Bonchev–Trinajstić information content (AvgIpc) is 2.42. The van der Waals surface area contributed by atoms with E-state index in [-0.39, 0.29) is 10.7 Å². The molecule has 7 heteroatoms. The lowest BCUT2D eigenvalue weighted by Crippen LogP contribution is -2.19. The quantitative estimate of drug-likeness (QED) is 0.796. The third-order valence-corrected chi connectivity index (χ3v) is 2.89. The van der Waals surface area contributed by atoms with Gasteiger partial charge in [-0.05, 0) is 30.3 Å². The predicted molar refractivity (Wildman–Crippen MR) is 70.8 cm³/mol. The Bertz CT molecular complexity index is 685. The second-order valence-electron chi connectivity index (χ2n) is 4.12. The summed E-state index contributed by atoms with van der Waals surface area (Å²) >= 11 is 5.65. The van der Waals surface area contributed by atoms with E-state index >= 15 is 0 Å². The highest BCUT2D eigenvalue weighted by atomic mass is 35.5. The molecule has 2 nitrogen and oxygen atoms in total. The van der Waals surface area contributed by atoms with Crippen LogP contribution in [0.1, 0.15) is 15.9 Å². The number of nitrogens with one attached hydrogen (secondary N) is 1. The van der Waals surface area contributed by atoms with Crippen LogP contribution in [0.25, 0.3) is 0 Å². The summed E-state index contributed by atoms with van der Waals surface area (Å²) in [6.07, 6.45) is -4.68. The second kappa shape index (κ2) is 5.73. The SMILES string of the molecule is O=C(Nc1cc(Cl)ccc1F)c1ccccc1C(F)(F)F. The van der Waals surface area contributed by atoms with Gasteiger partial charge in [0.05, 0.1) is 16.8 Å². The Kier molecular flexibility index (Phi) is 4.18. The van der Waals surface area contributed by atoms with E-state index in [0.29, 0.717) is 0 Å². The summed E-state index contributed by atoms with van der Waals surface area (Å²) < 4.78 is 51.9. The number of carbonyl (C=O) groups excluding carboxylic acids is 1. The van der Waals surface area contributed by atoms with Crippen molar-refractivity contribution in [3.05, 3.63) is 64.4 Å². The molecule has 0 aromatic heterocycles. The summed E-state index contributed by atoms with van der Waals surface area (Å²) in [5.74, 6) is -1.86. The van der Waals surface area contributed by atoms with Gasteiger partial charge in [0.2, 0.25) is 0 Å². The van der Waals surface area contributed by atoms with Crippen LogP contribution in [-0.2, 0) is 6.18 Å². The van der Waals surface area contributed by atoms with E-state index in [0.717, 1.165) is 24.3 Å². The van der Waals surface area contributed by atoms with Crippen molar-refractivity contribution >= 4 is 23.2 Å². The van der Waals surface area contributed by atoms with Crippen molar-refractivity contribution in [2.75, 3.05) is 5.32 Å². The highest BCUT2D eigenvalue weighted by Gasteiger charge is 2.34. The van der Waals surface area contributed by atoms with Crippen LogP contribution in [0, 0.1) is 5.82 Å². The van der Waals surface area contributed by atoms with Gasteiger partial charge in [-0.25, -0.2) is 4.39 Å². The first-order chi connectivity index (χ1) is 9.79.